The van der Waals surface area contributed by atoms with Crippen molar-refractivity contribution in [3.8, 4) is 0 Å². The molecule has 0 bridgehead atoms. The molecule has 0 radical (unpaired) electrons. The molecule has 0 aromatic carbocycles. The van der Waals surface area contributed by atoms with Gasteiger partial charge in [-0.3, -0.25) is 4.90 Å². The van der Waals surface area contributed by atoms with Crippen molar-refractivity contribution in [1.29, 1.82) is 0 Å². The van der Waals surface area contributed by atoms with E-state index in [0.717, 1.165) is 0 Å². The van der Waals surface area contributed by atoms with E-state index in [2.05, 4.69) is 0 Å². The second kappa shape index (κ2) is 3.62. The third kappa shape index (κ3) is 2.10. The number of amides is 1. The largest absolute Gasteiger partial charge is 0.480 e. The number of carboxylic acid groups (broad SMARTS) is 1. The molecule has 0 aromatic rings. The molecule has 1 saturated heterocycles. The smallest absolute Gasteiger partial charge is 0.411 e. The van der Waals surface area contributed by atoms with Crippen LogP contribution in [0.15, 0.2) is 0 Å². The third-order valence-electron chi connectivity index (χ3n) is 3.55. The van der Waals surface area contributed by atoms with Crippen LogP contribution in [0.1, 0.15) is 34.1 Å². The first-order valence-corrected chi connectivity index (χ1v) is 5.96. The Balaban J connectivity index is 2.11. The van der Waals surface area contributed by atoms with E-state index in [1.54, 1.807) is 20.8 Å². The average molecular weight is 241 g/mol. The van der Waals surface area contributed by atoms with Crippen LogP contribution in [0.3, 0.4) is 0 Å². The summed E-state index contributed by atoms with van der Waals surface area (Å²) in [5.41, 5.74) is -0.587. The maximum Gasteiger partial charge on any atom is 0.411 e. The van der Waals surface area contributed by atoms with Gasteiger partial charge in [0.15, 0.2) is 0 Å². The Bertz CT molecular complexity index is 360. The molecule has 1 saturated carbocycles. The van der Waals surface area contributed by atoms with Gasteiger partial charge in [-0.1, -0.05) is 6.92 Å². The van der Waals surface area contributed by atoms with E-state index in [4.69, 9.17) is 9.84 Å². The molecule has 4 atom stereocenters. The Morgan fingerprint density at radius 1 is 1.35 bits per heavy atom. The zero-order valence-electron chi connectivity index (χ0n) is 10.6. The normalized spacial score (nSPS) is 35.4. The number of fused-ring (bicyclic) bond motifs is 1. The van der Waals surface area contributed by atoms with Crippen molar-refractivity contribution in [2.45, 2.75) is 51.8 Å². The molecule has 2 rings (SSSR count). The highest BCUT2D eigenvalue weighted by Crippen LogP contribution is 2.53. The van der Waals surface area contributed by atoms with Crippen LogP contribution in [0.2, 0.25) is 0 Å². The molecule has 96 valence electrons. The fourth-order valence-electron chi connectivity index (χ4n) is 2.70. The summed E-state index contributed by atoms with van der Waals surface area (Å²) in [7, 11) is 0. The number of likely N-dealkylation sites (tertiary alicyclic amines) is 1. The molecule has 0 aromatic heterocycles. The topological polar surface area (TPSA) is 66.8 Å². The van der Waals surface area contributed by atoms with E-state index in [1.807, 2.05) is 6.92 Å². The van der Waals surface area contributed by atoms with E-state index in [1.165, 1.54) is 4.90 Å². The summed E-state index contributed by atoms with van der Waals surface area (Å²) in [6, 6.07) is -0.651. The molecule has 2 fully saturated rings. The summed E-state index contributed by atoms with van der Waals surface area (Å²) in [5.74, 6) is -0.197. The number of carbonyl (C=O) groups is 2. The number of nitrogens with zero attached hydrogens (tertiary/aromatic N) is 1. The van der Waals surface area contributed by atoms with Crippen molar-refractivity contribution < 1.29 is 19.4 Å². The molecule has 17 heavy (non-hydrogen) atoms. The van der Waals surface area contributed by atoms with Gasteiger partial charge in [0.1, 0.15) is 11.6 Å². The Morgan fingerprint density at radius 3 is 2.41 bits per heavy atom. The molecule has 2 aliphatic rings. The zero-order valence-corrected chi connectivity index (χ0v) is 10.6. The van der Waals surface area contributed by atoms with Crippen LogP contribution in [0.5, 0.6) is 0 Å². The van der Waals surface area contributed by atoms with Gasteiger partial charge in [0.25, 0.3) is 0 Å². The quantitative estimate of drug-likeness (QED) is 0.759. The van der Waals surface area contributed by atoms with Crippen LogP contribution >= 0.6 is 0 Å². The van der Waals surface area contributed by atoms with E-state index >= 15 is 0 Å². The van der Waals surface area contributed by atoms with Gasteiger partial charge in [-0.15, -0.1) is 0 Å². The summed E-state index contributed by atoms with van der Waals surface area (Å²) in [4.78, 5) is 24.5. The monoisotopic (exact) mass is 241 g/mol. The van der Waals surface area contributed by atoms with Crippen molar-refractivity contribution in [2.24, 2.45) is 11.8 Å². The van der Waals surface area contributed by atoms with E-state index < -0.39 is 23.7 Å². The molecule has 0 unspecified atom stereocenters. The molecule has 1 N–H and O–H groups in total. The molecular weight excluding hydrogens is 222 g/mol. The number of rotatable bonds is 1. The highest BCUT2D eigenvalue weighted by atomic mass is 16.6. The lowest BCUT2D eigenvalue weighted by Gasteiger charge is -2.29. The van der Waals surface area contributed by atoms with Crippen molar-refractivity contribution >= 4 is 12.1 Å². The third-order valence-corrected chi connectivity index (χ3v) is 3.55. The molecule has 0 spiro atoms. The van der Waals surface area contributed by atoms with Crippen LogP contribution in [-0.2, 0) is 9.53 Å². The van der Waals surface area contributed by atoms with Crippen molar-refractivity contribution in [3.05, 3.63) is 0 Å². The van der Waals surface area contributed by atoms with E-state index in [-0.39, 0.29) is 6.04 Å². The number of hydrogen-bond donors (Lipinski definition) is 1. The fraction of sp³-hybridized carbons (Fsp3) is 0.833. The maximum absolute atomic E-state index is 12.0. The average Bonchev–Trinajstić information content (AvgIpc) is 2.61. The summed E-state index contributed by atoms with van der Waals surface area (Å²) in [6.07, 6.45) is 0.0576. The van der Waals surface area contributed by atoms with Gasteiger partial charge in [-0.2, -0.15) is 0 Å². The van der Waals surface area contributed by atoms with Crippen LogP contribution in [0.25, 0.3) is 0 Å². The lowest BCUT2D eigenvalue weighted by Crippen LogP contribution is -2.46. The summed E-state index contributed by atoms with van der Waals surface area (Å²) >= 11 is 0. The lowest BCUT2D eigenvalue weighted by atomic mass is 10.1. The summed E-state index contributed by atoms with van der Waals surface area (Å²) < 4.78 is 5.27. The van der Waals surface area contributed by atoms with Crippen molar-refractivity contribution in [3.63, 3.8) is 0 Å². The number of aliphatic carboxylic acids is 1. The SMILES string of the molecule is C[C@@H]1[C@@H]2C[C@H](C(=O)O)N(C(=O)OC(C)(C)C)[C@H]12. The molecule has 1 amide bonds. The van der Waals surface area contributed by atoms with Crippen LogP contribution in [-0.4, -0.2) is 39.8 Å². The van der Waals surface area contributed by atoms with Crippen molar-refractivity contribution in [1.82, 2.24) is 4.90 Å². The van der Waals surface area contributed by atoms with Crippen LogP contribution in [0.4, 0.5) is 4.79 Å². The number of carbonyl (C=O) groups excluding carboxylic acids is 1. The predicted molar refractivity (Wildman–Crippen MR) is 60.6 cm³/mol. The minimum atomic E-state index is -0.935. The van der Waals surface area contributed by atoms with Gasteiger partial charge < -0.3 is 9.84 Å². The number of piperidine rings is 1. The molecule has 5 heteroatoms. The molecule has 5 nitrogen and oxygen atoms in total. The first kappa shape index (κ1) is 12.2. The maximum atomic E-state index is 12.0. The molecular formula is C12H19NO4. The lowest BCUT2D eigenvalue weighted by molar-refractivity contribution is -0.142. The number of carboxylic acids is 1. The Kier molecular flexibility index (Phi) is 2.60. The standard InChI is InChI=1S/C12H19NO4/c1-6-7-5-8(10(14)15)13(9(6)7)11(16)17-12(2,3)4/h6-9H,5H2,1-4H3,(H,14,15)/t6-,7+,8-,9-/m1/s1. The van der Waals surface area contributed by atoms with E-state index in [0.29, 0.717) is 18.3 Å². The van der Waals surface area contributed by atoms with Gasteiger partial charge in [-0.05, 0) is 39.0 Å². The van der Waals surface area contributed by atoms with Gasteiger partial charge in [0, 0.05) is 6.04 Å². The van der Waals surface area contributed by atoms with Gasteiger partial charge in [0.2, 0.25) is 0 Å². The first-order valence-electron chi connectivity index (χ1n) is 5.96. The highest BCUT2D eigenvalue weighted by Gasteiger charge is 2.62. The predicted octanol–water partition coefficient (Wildman–Crippen LogP) is 1.71. The minimum Gasteiger partial charge on any atom is -0.480 e. The van der Waals surface area contributed by atoms with Crippen LogP contribution in [0, 0.1) is 11.8 Å². The summed E-state index contributed by atoms with van der Waals surface area (Å²) in [6.45, 7) is 7.39. The number of hydrogen-bond acceptors (Lipinski definition) is 3. The molecule has 1 aliphatic carbocycles. The van der Waals surface area contributed by atoms with E-state index in [9.17, 15) is 9.59 Å². The van der Waals surface area contributed by atoms with Gasteiger partial charge in [0.05, 0.1) is 0 Å². The fourth-order valence-corrected chi connectivity index (χ4v) is 2.70. The van der Waals surface area contributed by atoms with Gasteiger partial charge in [-0.25, -0.2) is 9.59 Å². The second-order valence-electron chi connectivity index (χ2n) is 5.99. The van der Waals surface area contributed by atoms with Crippen molar-refractivity contribution in [2.75, 3.05) is 0 Å². The van der Waals surface area contributed by atoms with Gasteiger partial charge >= 0.3 is 12.1 Å². The Hall–Kier alpha value is -1.26. The number of ether oxygens (including phenoxy) is 1. The van der Waals surface area contributed by atoms with Crippen LogP contribution < -0.4 is 0 Å². The molecule has 1 aliphatic heterocycles. The first-order chi connectivity index (χ1) is 7.72. The Labute approximate surface area is 101 Å². The minimum absolute atomic E-state index is 0.0611. The highest BCUT2D eigenvalue weighted by molar-refractivity contribution is 5.82. The second-order valence-corrected chi connectivity index (χ2v) is 5.99. The summed E-state index contributed by atoms with van der Waals surface area (Å²) in [5, 5.41) is 9.11. The molecule has 1 heterocycles. The zero-order chi connectivity index (χ0) is 13.0. The Morgan fingerprint density at radius 2 is 1.94 bits per heavy atom.